The molecule has 2 aromatic rings. The average molecular weight is 393 g/mol. The first-order valence-electron chi connectivity index (χ1n) is 8.72. The van der Waals surface area contributed by atoms with Crippen molar-refractivity contribution in [3.05, 3.63) is 28.9 Å². The van der Waals surface area contributed by atoms with Crippen LogP contribution in [0.4, 0.5) is 5.82 Å². The Morgan fingerprint density at radius 2 is 1.83 bits per heavy atom. The fraction of sp³-hybridized carbons (Fsp3) is 0.556. The Hall–Kier alpha value is -1.24. The van der Waals surface area contributed by atoms with Crippen molar-refractivity contribution in [1.29, 1.82) is 0 Å². The summed E-state index contributed by atoms with van der Waals surface area (Å²) in [6, 6.07) is 6.60. The zero-order chi connectivity index (χ0) is 16.8. The lowest BCUT2D eigenvalue weighted by Gasteiger charge is -2.36. The van der Waals surface area contributed by atoms with Crippen LogP contribution in [0, 0.1) is 0 Å². The zero-order valence-electron chi connectivity index (χ0n) is 14.0. The summed E-state index contributed by atoms with van der Waals surface area (Å²) in [6.45, 7) is 4.25. The highest BCUT2D eigenvalue weighted by Crippen LogP contribution is 2.23. The molecule has 2 N–H and O–H groups in total. The Morgan fingerprint density at radius 3 is 2.58 bits per heavy atom. The van der Waals surface area contributed by atoms with Gasteiger partial charge in [-0.25, -0.2) is 4.98 Å². The third kappa shape index (κ3) is 4.88. The molecule has 2 fully saturated rings. The van der Waals surface area contributed by atoms with Crippen molar-refractivity contribution in [1.82, 2.24) is 14.9 Å². The average Bonchev–Trinajstić information content (AvgIpc) is 2.63. The summed E-state index contributed by atoms with van der Waals surface area (Å²) in [6.07, 6.45) is 8.77. The van der Waals surface area contributed by atoms with Crippen LogP contribution < -0.4 is 5.73 Å². The Morgan fingerprint density at radius 1 is 1.08 bits per heavy atom. The molecule has 5 nitrogen and oxygen atoms in total. The lowest BCUT2D eigenvalue weighted by Crippen LogP contribution is -2.44. The second-order valence-corrected chi connectivity index (χ2v) is 7.28. The molecule has 0 amide bonds. The molecule has 0 spiro atoms. The van der Waals surface area contributed by atoms with Gasteiger partial charge in [-0.1, -0.05) is 35.2 Å². The van der Waals surface area contributed by atoms with Crippen LogP contribution in [0.5, 0.6) is 0 Å². The molecular weight excluding hydrogens is 368 g/mol. The summed E-state index contributed by atoms with van der Waals surface area (Å²) in [4.78, 5) is 10.9. The molecule has 0 radical (unpaired) electrons. The number of rotatable bonds is 1. The first kappa shape index (κ1) is 17.6. The molecule has 2 aliphatic rings. The summed E-state index contributed by atoms with van der Waals surface area (Å²) in [7, 11) is 0. The van der Waals surface area contributed by atoms with Crippen molar-refractivity contribution >= 4 is 32.8 Å². The predicted octanol–water partition coefficient (Wildman–Crippen LogP) is 3.63. The van der Waals surface area contributed by atoms with Crippen LogP contribution in [0.2, 0.25) is 0 Å². The molecule has 1 aliphatic carbocycles. The van der Waals surface area contributed by atoms with Crippen molar-refractivity contribution in [3.63, 3.8) is 0 Å². The summed E-state index contributed by atoms with van der Waals surface area (Å²) >= 11 is 3.35. The second kappa shape index (κ2) is 8.74. The number of aromatic nitrogens is 2. The second-order valence-electron chi connectivity index (χ2n) is 6.37. The van der Waals surface area contributed by atoms with Crippen molar-refractivity contribution in [3.8, 4) is 0 Å². The van der Waals surface area contributed by atoms with E-state index in [9.17, 15) is 0 Å². The minimum Gasteiger partial charge on any atom is -0.382 e. The van der Waals surface area contributed by atoms with Crippen LogP contribution >= 0.6 is 15.9 Å². The molecule has 6 heteroatoms. The molecular formula is C18H25BrN4O. The van der Waals surface area contributed by atoms with Crippen LogP contribution in [-0.4, -0.2) is 47.2 Å². The molecule has 4 rings (SSSR count). The molecule has 0 bridgehead atoms. The van der Waals surface area contributed by atoms with Gasteiger partial charge >= 0.3 is 0 Å². The lowest BCUT2D eigenvalue weighted by molar-refractivity contribution is 0.00858. The molecule has 130 valence electrons. The summed E-state index contributed by atoms with van der Waals surface area (Å²) in [5.74, 6) is 0.445. The van der Waals surface area contributed by atoms with Crippen molar-refractivity contribution in [2.24, 2.45) is 0 Å². The number of nitrogens with zero attached hydrogens (tertiary/aromatic N) is 3. The third-order valence-corrected chi connectivity index (χ3v) is 5.15. The minimum atomic E-state index is 0.445. The van der Waals surface area contributed by atoms with Gasteiger partial charge in [-0.05, 0) is 31.0 Å². The van der Waals surface area contributed by atoms with Crippen LogP contribution in [-0.2, 0) is 4.74 Å². The smallest absolute Gasteiger partial charge is 0.142 e. The highest BCUT2D eigenvalue weighted by atomic mass is 79.9. The molecule has 1 saturated heterocycles. The third-order valence-electron chi connectivity index (χ3n) is 4.66. The summed E-state index contributed by atoms with van der Waals surface area (Å²) < 4.78 is 6.33. The van der Waals surface area contributed by atoms with Gasteiger partial charge in [0.25, 0.3) is 0 Å². The molecule has 0 atom stereocenters. The Balaban J connectivity index is 0.000000141. The molecule has 0 unspecified atom stereocenters. The van der Waals surface area contributed by atoms with Gasteiger partial charge in [0.15, 0.2) is 0 Å². The molecule has 1 aromatic heterocycles. The topological polar surface area (TPSA) is 64.3 Å². The predicted molar refractivity (Wildman–Crippen MR) is 101 cm³/mol. The van der Waals surface area contributed by atoms with E-state index in [1.165, 1.54) is 45.2 Å². The van der Waals surface area contributed by atoms with Gasteiger partial charge in [-0.15, -0.1) is 0 Å². The minimum absolute atomic E-state index is 0.445. The number of hydrogen-bond donors (Lipinski definition) is 1. The maximum Gasteiger partial charge on any atom is 0.142 e. The summed E-state index contributed by atoms with van der Waals surface area (Å²) in [5.41, 5.74) is 7.15. The van der Waals surface area contributed by atoms with E-state index < -0.39 is 0 Å². The van der Waals surface area contributed by atoms with Gasteiger partial charge in [0.05, 0.1) is 30.4 Å². The van der Waals surface area contributed by atoms with Crippen molar-refractivity contribution < 1.29 is 4.74 Å². The highest BCUT2D eigenvalue weighted by molar-refractivity contribution is 9.10. The van der Waals surface area contributed by atoms with Crippen molar-refractivity contribution in [2.75, 3.05) is 32.0 Å². The van der Waals surface area contributed by atoms with E-state index in [4.69, 9.17) is 10.5 Å². The lowest BCUT2D eigenvalue weighted by atomic mass is 9.94. The summed E-state index contributed by atoms with van der Waals surface area (Å²) in [5, 5.41) is 0. The number of nitrogens with two attached hydrogens (primary N) is 1. The number of fused-ring (bicyclic) bond motifs is 1. The first-order chi connectivity index (χ1) is 11.7. The number of morpholine rings is 1. The van der Waals surface area contributed by atoms with Crippen molar-refractivity contribution in [2.45, 2.75) is 38.1 Å². The maximum atomic E-state index is 5.49. The fourth-order valence-electron chi connectivity index (χ4n) is 3.39. The quantitative estimate of drug-likeness (QED) is 0.802. The Kier molecular flexibility index (Phi) is 6.40. The van der Waals surface area contributed by atoms with Gasteiger partial charge in [0, 0.05) is 23.6 Å². The van der Waals surface area contributed by atoms with E-state index in [-0.39, 0.29) is 0 Å². The van der Waals surface area contributed by atoms with E-state index in [1.54, 1.807) is 6.20 Å². The van der Waals surface area contributed by atoms with Gasteiger partial charge in [0.1, 0.15) is 5.82 Å². The van der Waals surface area contributed by atoms with Crippen LogP contribution in [0.25, 0.3) is 11.0 Å². The SMILES string of the molecule is C1CCC(N2CCOCC2)CC1.Nc1cnc2ccc(Br)cc2n1. The van der Waals surface area contributed by atoms with E-state index in [0.29, 0.717) is 5.82 Å². The van der Waals surface area contributed by atoms with Gasteiger partial charge in [-0.2, -0.15) is 0 Å². The standard InChI is InChI=1S/C10H19NO.C8H6BrN3/c1-2-4-10(5-3-1)11-6-8-12-9-7-11;9-5-1-2-6-7(3-5)12-8(10)4-11-6/h10H,1-9H2;1-4H,(H2,10,12). The monoisotopic (exact) mass is 392 g/mol. The largest absolute Gasteiger partial charge is 0.382 e. The highest BCUT2D eigenvalue weighted by Gasteiger charge is 2.22. The van der Waals surface area contributed by atoms with E-state index in [2.05, 4.69) is 30.8 Å². The van der Waals surface area contributed by atoms with E-state index in [1.807, 2.05) is 18.2 Å². The first-order valence-corrected chi connectivity index (χ1v) is 9.51. The number of halogens is 1. The number of hydrogen-bond acceptors (Lipinski definition) is 5. The Labute approximate surface area is 151 Å². The molecule has 1 aromatic carbocycles. The number of anilines is 1. The number of benzene rings is 1. The number of ether oxygens (including phenoxy) is 1. The molecule has 24 heavy (non-hydrogen) atoms. The zero-order valence-corrected chi connectivity index (χ0v) is 15.5. The van der Waals surface area contributed by atoms with Crippen LogP contribution in [0.3, 0.4) is 0 Å². The normalized spacial score (nSPS) is 19.7. The van der Waals surface area contributed by atoms with Crippen LogP contribution in [0.15, 0.2) is 28.9 Å². The van der Waals surface area contributed by atoms with Gasteiger partial charge in [-0.3, -0.25) is 9.88 Å². The Bertz CT molecular complexity index is 602. The van der Waals surface area contributed by atoms with Crippen LogP contribution in [0.1, 0.15) is 32.1 Å². The van der Waals surface area contributed by atoms with E-state index >= 15 is 0 Å². The van der Waals surface area contributed by atoms with Gasteiger partial charge < -0.3 is 10.5 Å². The maximum absolute atomic E-state index is 5.49. The molecule has 1 aliphatic heterocycles. The van der Waals surface area contributed by atoms with E-state index in [0.717, 1.165) is 34.8 Å². The molecule has 1 saturated carbocycles. The molecule has 2 heterocycles. The number of nitrogen functional groups attached to an aromatic ring is 1. The fourth-order valence-corrected chi connectivity index (χ4v) is 3.74. The van der Waals surface area contributed by atoms with Gasteiger partial charge in [0.2, 0.25) is 0 Å².